The maximum absolute atomic E-state index is 13.5. The summed E-state index contributed by atoms with van der Waals surface area (Å²) in [5.74, 6) is 2.00. The highest BCUT2D eigenvalue weighted by atomic mass is 19.1. The summed E-state index contributed by atoms with van der Waals surface area (Å²) in [5.41, 5.74) is 0.724. The predicted molar refractivity (Wildman–Crippen MR) is 71.9 cm³/mol. The van der Waals surface area contributed by atoms with E-state index in [-0.39, 0.29) is 11.9 Å². The van der Waals surface area contributed by atoms with Gasteiger partial charge in [0, 0.05) is 12.0 Å². The highest BCUT2D eigenvalue weighted by Crippen LogP contribution is 2.31. The third-order valence-electron chi connectivity index (χ3n) is 3.11. The molecular formula is C15H18FNO2. The van der Waals surface area contributed by atoms with Gasteiger partial charge in [-0.15, -0.1) is 0 Å². The third-order valence-corrected chi connectivity index (χ3v) is 3.11. The Balaban J connectivity index is 2.43. The molecule has 2 aromatic rings. The lowest BCUT2D eigenvalue weighted by molar-refractivity contribution is 0.390. The van der Waals surface area contributed by atoms with Crippen LogP contribution in [0.3, 0.4) is 0 Å². The van der Waals surface area contributed by atoms with Gasteiger partial charge in [0.05, 0.1) is 13.2 Å². The fourth-order valence-electron chi connectivity index (χ4n) is 2.12. The van der Waals surface area contributed by atoms with E-state index < -0.39 is 0 Å². The number of rotatable bonds is 5. The summed E-state index contributed by atoms with van der Waals surface area (Å²) in [4.78, 5) is 0. The first-order chi connectivity index (χ1) is 9.19. The average molecular weight is 263 g/mol. The van der Waals surface area contributed by atoms with E-state index in [1.807, 2.05) is 26.1 Å². The molecule has 0 aliphatic heterocycles. The Labute approximate surface area is 112 Å². The second-order valence-electron chi connectivity index (χ2n) is 4.27. The molecule has 0 fully saturated rings. The molecule has 1 N–H and O–H groups in total. The van der Waals surface area contributed by atoms with Crippen molar-refractivity contribution in [1.82, 2.24) is 5.32 Å². The van der Waals surface area contributed by atoms with Crippen LogP contribution in [0.15, 0.2) is 34.7 Å². The normalized spacial score (nSPS) is 12.4. The summed E-state index contributed by atoms with van der Waals surface area (Å²) >= 11 is 0. The van der Waals surface area contributed by atoms with Gasteiger partial charge < -0.3 is 14.5 Å². The van der Waals surface area contributed by atoms with Crippen LogP contribution >= 0.6 is 0 Å². The number of ether oxygens (including phenoxy) is 1. The summed E-state index contributed by atoms with van der Waals surface area (Å²) in [6.07, 6.45) is 0.830. The molecule has 1 aromatic carbocycles. The van der Waals surface area contributed by atoms with Gasteiger partial charge in [-0.05, 0) is 37.4 Å². The molecule has 2 rings (SSSR count). The molecule has 0 radical (unpaired) electrons. The van der Waals surface area contributed by atoms with Gasteiger partial charge in [0.25, 0.3) is 0 Å². The molecule has 0 spiro atoms. The molecule has 0 aliphatic carbocycles. The van der Waals surface area contributed by atoms with E-state index in [1.54, 1.807) is 13.2 Å². The van der Waals surface area contributed by atoms with Crippen molar-refractivity contribution in [3.63, 3.8) is 0 Å². The fraction of sp³-hybridized carbons (Fsp3) is 0.333. The minimum atomic E-state index is -0.293. The predicted octanol–water partition coefficient (Wildman–Crippen LogP) is 3.30. The van der Waals surface area contributed by atoms with Gasteiger partial charge in [-0.25, -0.2) is 4.39 Å². The Hall–Kier alpha value is -1.81. The molecular weight excluding hydrogens is 245 g/mol. The van der Waals surface area contributed by atoms with Gasteiger partial charge in [0.1, 0.15) is 23.1 Å². The van der Waals surface area contributed by atoms with Crippen molar-refractivity contribution in [3.05, 3.63) is 53.2 Å². The van der Waals surface area contributed by atoms with Crippen molar-refractivity contribution in [3.8, 4) is 5.75 Å². The Bertz CT molecular complexity index is 551. The van der Waals surface area contributed by atoms with E-state index >= 15 is 0 Å². The Morgan fingerprint density at radius 1 is 1.32 bits per heavy atom. The van der Waals surface area contributed by atoms with Crippen LogP contribution in [-0.2, 0) is 6.42 Å². The fourth-order valence-corrected chi connectivity index (χ4v) is 2.12. The molecule has 4 heteroatoms. The van der Waals surface area contributed by atoms with Crippen molar-refractivity contribution in [2.24, 2.45) is 0 Å². The summed E-state index contributed by atoms with van der Waals surface area (Å²) in [5, 5.41) is 3.13. The van der Waals surface area contributed by atoms with Gasteiger partial charge in [0.2, 0.25) is 0 Å². The molecule has 3 nitrogen and oxygen atoms in total. The minimum absolute atomic E-state index is 0.231. The molecule has 1 atom stereocenters. The number of nitrogens with one attached hydrogen (secondary N) is 1. The van der Waals surface area contributed by atoms with Crippen molar-refractivity contribution < 1.29 is 13.5 Å². The highest BCUT2D eigenvalue weighted by Gasteiger charge is 2.20. The van der Waals surface area contributed by atoms with Gasteiger partial charge in [-0.3, -0.25) is 0 Å². The van der Waals surface area contributed by atoms with Crippen molar-refractivity contribution in [1.29, 1.82) is 0 Å². The SMILES string of the molecule is CCc1ccc(C(NC)c2cc(F)ccc2OC)o1. The summed E-state index contributed by atoms with van der Waals surface area (Å²) in [6, 6.07) is 8.09. The largest absolute Gasteiger partial charge is 0.496 e. The van der Waals surface area contributed by atoms with E-state index in [9.17, 15) is 4.39 Å². The van der Waals surface area contributed by atoms with Crippen LogP contribution < -0.4 is 10.1 Å². The second kappa shape index (κ2) is 5.89. The zero-order valence-electron chi connectivity index (χ0n) is 11.4. The average Bonchev–Trinajstić information content (AvgIpc) is 2.89. The lowest BCUT2D eigenvalue weighted by Crippen LogP contribution is -2.18. The lowest BCUT2D eigenvalue weighted by Gasteiger charge is -2.17. The summed E-state index contributed by atoms with van der Waals surface area (Å²) < 4.78 is 24.5. The third kappa shape index (κ3) is 2.79. The maximum atomic E-state index is 13.5. The van der Waals surface area contributed by atoms with Crippen LogP contribution in [0, 0.1) is 5.82 Å². The smallest absolute Gasteiger partial charge is 0.125 e. The van der Waals surface area contributed by atoms with E-state index in [2.05, 4.69) is 5.32 Å². The van der Waals surface area contributed by atoms with Crippen LogP contribution in [-0.4, -0.2) is 14.2 Å². The van der Waals surface area contributed by atoms with Gasteiger partial charge >= 0.3 is 0 Å². The lowest BCUT2D eigenvalue weighted by atomic mass is 10.0. The van der Waals surface area contributed by atoms with Crippen LogP contribution in [0.4, 0.5) is 4.39 Å². The molecule has 1 aromatic heterocycles. The second-order valence-corrected chi connectivity index (χ2v) is 4.27. The first-order valence-electron chi connectivity index (χ1n) is 6.29. The quantitative estimate of drug-likeness (QED) is 0.898. The Morgan fingerprint density at radius 3 is 2.68 bits per heavy atom. The minimum Gasteiger partial charge on any atom is -0.496 e. The number of aryl methyl sites for hydroxylation is 1. The topological polar surface area (TPSA) is 34.4 Å². The molecule has 19 heavy (non-hydrogen) atoms. The number of hydrogen-bond donors (Lipinski definition) is 1. The van der Waals surface area contributed by atoms with E-state index in [1.165, 1.54) is 12.1 Å². The van der Waals surface area contributed by atoms with Crippen molar-refractivity contribution in [2.45, 2.75) is 19.4 Å². The number of methoxy groups -OCH3 is 1. The standard InChI is InChI=1S/C15H18FNO2/c1-4-11-6-8-14(19-11)15(17-2)12-9-10(16)5-7-13(12)18-3/h5-9,15,17H,4H2,1-3H3. The Kier molecular flexibility index (Phi) is 4.22. The van der Waals surface area contributed by atoms with Gasteiger partial charge in [-0.1, -0.05) is 6.92 Å². The summed E-state index contributed by atoms with van der Waals surface area (Å²) in [7, 11) is 3.38. The highest BCUT2D eigenvalue weighted by molar-refractivity contribution is 5.40. The maximum Gasteiger partial charge on any atom is 0.125 e. The molecule has 0 saturated carbocycles. The van der Waals surface area contributed by atoms with E-state index in [0.29, 0.717) is 5.75 Å². The van der Waals surface area contributed by atoms with Gasteiger partial charge in [0.15, 0.2) is 0 Å². The molecule has 0 bridgehead atoms. The molecule has 102 valence electrons. The number of benzene rings is 1. The Morgan fingerprint density at radius 2 is 2.11 bits per heavy atom. The molecule has 1 unspecified atom stereocenters. The molecule has 0 saturated heterocycles. The number of hydrogen-bond acceptors (Lipinski definition) is 3. The first kappa shape index (κ1) is 13.6. The zero-order valence-corrected chi connectivity index (χ0v) is 11.4. The van der Waals surface area contributed by atoms with Crippen LogP contribution in [0.5, 0.6) is 5.75 Å². The summed E-state index contributed by atoms with van der Waals surface area (Å²) in [6.45, 7) is 2.03. The van der Waals surface area contributed by atoms with Crippen molar-refractivity contribution in [2.75, 3.05) is 14.2 Å². The van der Waals surface area contributed by atoms with Crippen LogP contribution in [0.1, 0.15) is 30.0 Å². The number of halogens is 1. The first-order valence-corrected chi connectivity index (χ1v) is 6.29. The van der Waals surface area contributed by atoms with Crippen molar-refractivity contribution >= 4 is 0 Å². The molecule has 0 aliphatic rings. The van der Waals surface area contributed by atoms with Crippen LogP contribution in [0.2, 0.25) is 0 Å². The number of furan rings is 1. The van der Waals surface area contributed by atoms with Crippen LogP contribution in [0.25, 0.3) is 0 Å². The molecule has 0 amide bonds. The van der Waals surface area contributed by atoms with E-state index in [0.717, 1.165) is 23.5 Å². The van der Waals surface area contributed by atoms with E-state index in [4.69, 9.17) is 9.15 Å². The molecule has 1 heterocycles. The van der Waals surface area contributed by atoms with Gasteiger partial charge in [-0.2, -0.15) is 0 Å². The zero-order chi connectivity index (χ0) is 13.8. The monoisotopic (exact) mass is 263 g/mol.